The maximum absolute atomic E-state index is 13.0. The summed E-state index contributed by atoms with van der Waals surface area (Å²) in [6, 6.07) is 15.6. The molecule has 1 saturated heterocycles. The summed E-state index contributed by atoms with van der Waals surface area (Å²) in [5.41, 5.74) is 1.59. The van der Waals surface area contributed by atoms with Crippen molar-refractivity contribution in [1.29, 1.82) is 0 Å². The fourth-order valence-corrected chi connectivity index (χ4v) is 3.60. The van der Waals surface area contributed by atoms with E-state index < -0.39 is 0 Å². The second-order valence-electron chi connectivity index (χ2n) is 7.78. The minimum Gasteiger partial charge on any atom is -0.348 e. The van der Waals surface area contributed by atoms with Crippen LogP contribution in [-0.2, 0) is 4.79 Å². The van der Waals surface area contributed by atoms with Crippen LogP contribution in [0.4, 0.5) is 4.39 Å². The molecule has 0 saturated carbocycles. The molecule has 1 N–H and O–H groups in total. The highest BCUT2D eigenvalue weighted by Gasteiger charge is 2.25. The van der Waals surface area contributed by atoms with E-state index >= 15 is 0 Å². The molecule has 29 heavy (non-hydrogen) atoms. The first kappa shape index (κ1) is 21.0. The van der Waals surface area contributed by atoms with Crippen LogP contribution < -0.4 is 5.32 Å². The van der Waals surface area contributed by atoms with Gasteiger partial charge in [0.2, 0.25) is 5.91 Å². The van der Waals surface area contributed by atoms with Gasteiger partial charge in [-0.05, 0) is 35.7 Å². The Hall–Kier alpha value is -2.73. The summed E-state index contributed by atoms with van der Waals surface area (Å²) in [5.74, 6) is -0.178. The van der Waals surface area contributed by atoms with Gasteiger partial charge in [-0.15, -0.1) is 0 Å². The number of nitrogens with zero attached hydrogens (tertiary/aromatic N) is 2. The van der Waals surface area contributed by atoms with Crippen molar-refractivity contribution in [3.05, 3.63) is 71.5 Å². The quantitative estimate of drug-likeness (QED) is 0.815. The Labute approximate surface area is 171 Å². The Bertz CT molecular complexity index is 816. The Morgan fingerprint density at radius 3 is 2.17 bits per heavy atom. The number of hydrogen-bond donors (Lipinski definition) is 1. The van der Waals surface area contributed by atoms with Gasteiger partial charge in [-0.2, -0.15) is 0 Å². The van der Waals surface area contributed by atoms with Crippen molar-refractivity contribution in [2.45, 2.75) is 19.9 Å². The number of rotatable bonds is 6. The minimum atomic E-state index is -0.354. The highest BCUT2D eigenvalue weighted by atomic mass is 19.1. The van der Waals surface area contributed by atoms with Crippen molar-refractivity contribution in [3.8, 4) is 0 Å². The molecule has 0 bridgehead atoms. The molecule has 1 aliphatic rings. The van der Waals surface area contributed by atoms with Gasteiger partial charge in [-0.1, -0.05) is 44.2 Å². The van der Waals surface area contributed by atoms with E-state index in [1.54, 1.807) is 4.90 Å². The van der Waals surface area contributed by atoms with Gasteiger partial charge in [0.15, 0.2) is 0 Å². The molecule has 1 aliphatic heterocycles. The van der Waals surface area contributed by atoms with Gasteiger partial charge in [0, 0.05) is 31.7 Å². The van der Waals surface area contributed by atoms with Crippen molar-refractivity contribution in [2.24, 2.45) is 5.92 Å². The molecule has 1 unspecified atom stereocenters. The largest absolute Gasteiger partial charge is 0.348 e. The van der Waals surface area contributed by atoms with Crippen molar-refractivity contribution in [3.63, 3.8) is 0 Å². The number of piperazine rings is 1. The normalized spacial score (nSPS) is 15.9. The lowest BCUT2D eigenvalue weighted by Crippen LogP contribution is -2.51. The van der Waals surface area contributed by atoms with E-state index in [0.717, 1.165) is 5.56 Å². The Morgan fingerprint density at radius 1 is 0.966 bits per heavy atom. The number of halogens is 1. The van der Waals surface area contributed by atoms with Gasteiger partial charge >= 0.3 is 0 Å². The van der Waals surface area contributed by atoms with E-state index in [1.807, 2.05) is 30.3 Å². The van der Waals surface area contributed by atoms with E-state index in [2.05, 4.69) is 24.1 Å². The first-order valence-electron chi connectivity index (χ1n) is 10.1. The molecule has 5 nitrogen and oxygen atoms in total. The van der Waals surface area contributed by atoms with E-state index in [0.29, 0.717) is 38.3 Å². The summed E-state index contributed by atoms with van der Waals surface area (Å²) in [4.78, 5) is 28.9. The molecule has 1 heterocycles. The first-order valence-corrected chi connectivity index (χ1v) is 10.1. The van der Waals surface area contributed by atoms with Gasteiger partial charge in [0.1, 0.15) is 5.82 Å². The topological polar surface area (TPSA) is 52.7 Å². The van der Waals surface area contributed by atoms with Gasteiger partial charge in [-0.3, -0.25) is 14.5 Å². The maximum Gasteiger partial charge on any atom is 0.253 e. The van der Waals surface area contributed by atoms with Gasteiger partial charge in [0.05, 0.1) is 12.6 Å². The van der Waals surface area contributed by atoms with Crippen LogP contribution in [0.25, 0.3) is 0 Å². The highest BCUT2D eigenvalue weighted by Crippen LogP contribution is 2.21. The van der Waals surface area contributed by atoms with Crippen LogP contribution in [0.1, 0.15) is 35.8 Å². The molecule has 6 heteroatoms. The summed E-state index contributed by atoms with van der Waals surface area (Å²) < 4.78 is 13.0. The van der Waals surface area contributed by atoms with Crippen molar-refractivity contribution >= 4 is 11.8 Å². The Morgan fingerprint density at radius 2 is 1.59 bits per heavy atom. The smallest absolute Gasteiger partial charge is 0.253 e. The minimum absolute atomic E-state index is 0.00846. The third-order valence-electron chi connectivity index (χ3n) is 5.26. The zero-order valence-electron chi connectivity index (χ0n) is 17.0. The molecule has 3 rings (SSSR count). The average molecular weight is 397 g/mol. The van der Waals surface area contributed by atoms with Crippen molar-refractivity contribution < 1.29 is 14.0 Å². The summed E-state index contributed by atoms with van der Waals surface area (Å²) in [6.07, 6.45) is 0. The molecule has 1 fully saturated rings. The predicted octanol–water partition coefficient (Wildman–Crippen LogP) is 3.10. The molecule has 2 aromatic carbocycles. The number of benzene rings is 2. The van der Waals surface area contributed by atoms with Crippen LogP contribution in [0.5, 0.6) is 0 Å². The van der Waals surface area contributed by atoms with E-state index in [9.17, 15) is 14.0 Å². The molecule has 0 aromatic heterocycles. The molecule has 1 atom stereocenters. The van der Waals surface area contributed by atoms with Crippen LogP contribution in [-0.4, -0.2) is 54.3 Å². The average Bonchev–Trinajstić information content (AvgIpc) is 2.73. The molecule has 2 amide bonds. The van der Waals surface area contributed by atoms with Crippen LogP contribution >= 0.6 is 0 Å². The van der Waals surface area contributed by atoms with Crippen LogP contribution in [0.2, 0.25) is 0 Å². The first-order chi connectivity index (χ1) is 13.9. The van der Waals surface area contributed by atoms with Crippen LogP contribution in [0.15, 0.2) is 54.6 Å². The number of carbonyl (C=O) groups is 2. The van der Waals surface area contributed by atoms with Gasteiger partial charge < -0.3 is 10.2 Å². The number of nitrogens with one attached hydrogen (secondary N) is 1. The SMILES string of the molecule is CC(C)C(NC(=O)CN1CCN(C(=O)c2ccc(F)cc2)CC1)c1ccccc1. The summed E-state index contributed by atoms with van der Waals surface area (Å²) in [5, 5.41) is 3.15. The molecule has 0 spiro atoms. The lowest BCUT2D eigenvalue weighted by atomic mass is 9.96. The zero-order chi connectivity index (χ0) is 20.8. The Kier molecular flexibility index (Phi) is 6.99. The lowest BCUT2D eigenvalue weighted by molar-refractivity contribution is -0.123. The number of amides is 2. The maximum atomic E-state index is 13.0. The third-order valence-corrected chi connectivity index (χ3v) is 5.26. The van der Waals surface area contributed by atoms with Crippen molar-refractivity contribution in [1.82, 2.24) is 15.1 Å². The molecular formula is C23H28FN3O2. The second-order valence-corrected chi connectivity index (χ2v) is 7.78. The fourth-order valence-electron chi connectivity index (χ4n) is 3.60. The summed E-state index contributed by atoms with van der Waals surface area (Å²) >= 11 is 0. The van der Waals surface area contributed by atoms with Gasteiger partial charge in [-0.25, -0.2) is 4.39 Å². The molecule has 0 radical (unpaired) electrons. The van der Waals surface area contributed by atoms with E-state index in [4.69, 9.17) is 0 Å². The molecule has 0 aliphatic carbocycles. The molecule has 154 valence electrons. The lowest BCUT2D eigenvalue weighted by Gasteiger charge is -2.35. The number of carbonyl (C=O) groups excluding carboxylic acids is 2. The van der Waals surface area contributed by atoms with E-state index in [1.165, 1.54) is 24.3 Å². The monoisotopic (exact) mass is 397 g/mol. The summed E-state index contributed by atoms with van der Waals surface area (Å²) in [7, 11) is 0. The van der Waals surface area contributed by atoms with Crippen LogP contribution in [0, 0.1) is 11.7 Å². The summed E-state index contributed by atoms with van der Waals surface area (Å²) in [6.45, 7) is 6.88. The second kappa shape index (κ2) is 9.65. The zero-order valence-corrected chi connectivity index (χ0v) is 17.0. The molecule has 2 aromatic rings. The van der Waals surface area contributed by atoms with Crippen LogP contribution in [0.3, 0.4) is 0 Å². The van der Waals surface area contributed by atoms with Gasteiger partial charge in [0.25, 0.3) is 5.91 Å². The van der Waals surface area contributed by atoms with Crippen molar-refractivity contribution in [2.75, 3.05) is 32.7 Å². The predicted molar refractivity (Wildman–Crippen MR) is 111 cm³/mol. The standard InChI is InChI=1S/C23H28FN3O2/c1-17(2)22(18-6-4-3-5-7-18)25-21(28)16-26-12-14-27(15-13-26)23(29)19-8-10-20(24)11-9-19/h3-11,17,22H,12-16H2,1-2H3,(H,25,28). The number of hydrogen-bond acceptors (Lipinski definition) is 3. The fraction of sp³-hybridized carbons (Fsp3) is 0.391. The third kappa shape index (κ3) is 5.64. The Balaban J connectivity index is 1.50. The van der Waals surface area contributed by atoms with E-state index in [-0.39, 0.29) is 29.6 Å². The highest BCUT2D eigenvalue weighted by molar-refractivity contribution is 5.94. The molecular weight excluding hydrogens is 369 g/mol.